The fourth-order valence-electron chi connectivity index (χ4n) is 0.792. The van der Waals surface area contributed by atoms with E-state index in [-0.39, 0.29) is 2.06 Å². The summed E-state index contributed by atoms with van der Waals surface area (Å²) in [5.41, 5.74) is 0. The average Bonchev–Trinajstić information content (AvgIpc) is 2.11. The topological polar surface area (TPSA) is 60.8 Å². The summed E-state index contributed by atoms with van der Waals surface area (Å²) in [5.74, 6) is 1.33. The summed E-state index contributed by atoms with van der Waals surface area (Å²) in [7, 11) is 3.63. The minimum atomic E-state index is 0.167. The van der Waals surface area contributed by atoms with Crippen molar-refractivity contribution >= 4 is 57.1 Å². The Labute approximate surface area is 118 Å². The largest absolute Gasteiger partial charge is 0.359 e. The van der Waals surface area contributed by atoms with E-state index in [9.17, 15) is 0 Å². The Kier molecular flexibility index (Phi) is 8.47. The maximum absolute atomic E-state index is 4.36. The molecule has 3 N–H and O–H groups in total. The third kappa shape index (κ3) is 8.05. The first-order chi connectivity index (χ1) is 6.99. The van der Waals surface area contributed by atoms with Crippen LogP contribution in [-0.4, -0.2) is 34.1 Å². The first-order valence-electron chi connectivity index (χ1n) is 4.56. The van der Waals surface area contributed by atoms with Crippen LogP contribution in [0.5, 0.6) is 0 Å². The minimum absolute atomic E-state index is 0.167. The summed E-state index contributed by atoms with van der Waals surface area (Å²) in [6, 6.07) is 0.314. The number of hydrogen-bond donors (Lipinski definition) is 3. The van der Waals surface area contributed by atoms with Crippen LogP contribution in [0.4, 0.5) is 0 Å². The first-order valence-corrected chi connectivity index (χ1v) is 7.05. The average molecular weight is 437 g/mol. The van der Waals surface area contributed by atoms with Crippen molar-refractivity contribution in [3.63, 3.8) is 0 Å². The highest BCUT2D eigenvalue weighted by molar-refractivity contribution is 14.2. The Bertz CT molecular complexity index is 231. The molecule has 0 aromatic carbocycles. The van der Waals surface area contributed by atoms with Crippen LogP contribution in [0.15, 0.2) is 9.98 Å². The lowest BCUT2D eigenvalue weighted by atomic mass is 10.4. The fraction of sp³-hybridized carbons (Fsp3) is 0.750. The lowest BCUT2D eigenvalue weighted by molar-refractivity contribution is 0.726. The highest BCUT2D eigenvalue weighted by Gasteiger charge is 2.03. The zero-order valence-electron chi connectivity index (χ0n) is 9.31. The highest BCUT2D eigenvalue weighted by Crippen LogP contribution is 2.10. The second kappa shape index (κ2) is 8.36. The van der Waals surface area contributed by atoms with Crippen molar-refractivity contribution in [3.05, 3.63) is 0 Å². The molecule has 0 bridgehead atoms. The summed E-state index contributed by atoms with van der Waals surface area (Å²) in [6.45, 7) is 4.11. The Morgan fingerprint density at radius 3 is 2.00 bits per heavy atom. The molecule has 0 fully saturated rings. The van der Waals surface area contributed by atoms with Gasteiger partial charge in [0.15, 0.2) is 8.01 Å². The van der Waals surface area contributed by atoms with Crippen LogP contribution in [0.1, 0.15) is 13.8 Å². The van der Waals surface area contributed by atoms with Crippen LogP contribution in [-0.2, 0) is 0 Å². The number of aliphatic imine (C=N–C) groups is 2. The zero-order chi connectivity index (χ0) is 11.8. The Balaban J connectivity index is 4.70. The molecule has 0 aromatic heterocycles. The van der Waals surface area contributed by atoms with Crippen molar-refractivity contribution in [2.75, 3.05) is 14.1 Å². The van der Waals surface area contributed by atoms with Gasteiger partial charge in [0.25, 0.3) is 0 Å². The molecule has 0 saturated carbocycles. The van der Waals surface area contributed by atoms with Crippen LogP contribution in [0.25, 0.3) is 0 Å². The molecule has 5 nitrogen and oxygen atoms in total. The first kappa shape index (κ1) is 15.2. The molecule has 0 unspecified atom stereocenters. The van der Waals surface area contributed by atoms with Gasteiger partial charge in [-0.05, 0) is 59.0 Å². The van der Waals surface area contributed by atoms with Crippen LogP contribution < -0.4 is 16.0 Å². The predicted octanol–water partition coefficient (Wildman–Crippen LogP) is 1.29. The van der Waals surface area contributed by atoms with Crippen molar-refractivity contribution in [2.45, 2.75) is 21.9 Å². The summed E-state index contributed by atoms with van der Waals surface area (Å²) in [4.78, 5) is 8.68. The molecule has 88 valence electrons. The van der Waals surface area contributed by atoms with Crippen LogP contribution >= 0.6 is 45.2 Å². The smallest absolute Gasteiger partial charge is 0.223 e. The van der Waals surface area contributed by atoms with Gasteiger partial charge in [0.05, 0.1) is 0 Å². The third-order valence-electron chi connectivity index (χ3n) is 1.33. The molecule has 0 aliphatic rings. The van der Waals surface area contributed by atoms with Gasteiger partial charge < -0.3 is 16.0 Å². The van der Waals surface area contributed by atoms with E-state index < -0.39 is 0 Å². The van der Waals surface area contributed by atoms with E-state index in [1.54, 1.807) is 0 Å². The number of nitrogens with zero attached hydrogens (tertiary/aromatic N) is 2. The molecule has 0 aliphatic heterocycles. The van der Waals surface area contributed by atoms with Crippen LogP contribution in [0.3, 0.4) is 0 Å². The molecule has 0 atom stereocenters. The van der Waals surface area contributed by atoms with E-state index in [2.05, 4.69) is 85.0 Å². The zero-order valence-corrected chi connectivity index (χ0v) is 13.6. The minimum Gasteiger partial charge on any atom is -0.359 e. The molecule has 0 rings (SSSR count). The lowest BCUT2D eigenvalue weighted by Crippen LogP contribution is -2.37. The Morgan fingerprint density at radius 2 is 1.67 bits per heavy atom. The van der Waals surface area contributed by atoms with E-state index in [0.717, 1.165) is 0 Å². The molecule has 0 radical (unpaired) electrons. The van der Waals surface area contributed by atoms with Gasteiger partial charge in [0.1, 0.15) is 0 Å². The number of nitrogens with one attached hydrogen (secondary N) is 3. The monoisotopic (exact) mass is 437 g/mol. The molecule has 7 heteroatoms. The van der Waals surface area contributed by atoms with Crippen molar-refractivity contribution in [1.29, 1.82) is 0 Å². The second-order valence-corrected chi connectivity index (χ2v) is 7.73. The molecular formula is C8H17I2N5. The molecule has 0 amide bonds. The second-order valence-electron chi connectivity index (χ2n) is 2.99. The van der Waals surface area contributed by atoms with Gasteiger partial charge in [0.2, 0.25) is 5.96 Å². The van der Waals surface area contributed by atoms with Gasteiger partial charge in [0, 0.05) is 20.1 Å². The summed E-state index contributed by atoms with van der Waals surface area (Å²) >= 11 is 4.45. The van der Waals surface area contributed by atoms with Gasteiger partial charge in [-0.1, -0.05) is 0 Å². The third-order valence-corrected chi connectivity index (χ3v) is 1.89. The molecule has 0 heterocycles. The van der Waals surface area contributed by atoms with E-state index in [0.29, 0.717) is 18.0 Å². The summed E-state index contributed by atoms with van der Waals surface area (Å²) < 4.78 is 0.167. The highest BCUT2D eigenvalue weighted by atomic mass is 127. The standard InChI is InChI=1S/C8H17I2N5/c1-5(2)13-8(14-6(9)10)15-7(11-3)12-4/h5-6H,1-4H3,(H3,11,12,13,14,15). The normalized spacial score (nSPS) is 11.6. The van der Waals surface area contributed by atoms with Crippen molar-refractivity contribution < 1.29 is 0 Å². The van der Waals surface area contributed by atoms with E-state index in [1.807, 2.05) is 14.1 Å². The van der Waals surface area contributed by atoms with Crippen LogP contribution in [0, 0.1) is 0 Å². The molecule has 0 spiro atoms. The van der Waals surface area contributed by atoms with Gasteiger partial charge in [-0.2, -0.15) is 4.99 Å². The predicted molar refractivity (Wildman–Crippen MR) is 83.1 cm³/mol. The molecule has 0 aliphatic carbocycles. The number of rotatable bonds is 2. The molecular weight excluding hydrogens is 420 g/mol. The molecule has 0 saturated heterocycles. The van der Waals surface area contributed by atoms with Gasteiger partial charge in [-0.3, -0.25) is 0 Å². The van der Waals surface area contributed by atoms with E-state index >= 15 is 0 Å². The Hall–Kier alpha value is 0.200. The van der Waals surface area contributed by atoms with E-state index in [4.69, 9.17) is 0 Å². The molecule has 15 heavy (non-hydrogen) atoms. The Morgan fingerprint density at radius 1 is 1.13 bits per heavy atom. The van der Waals surface area contributed by atoms with Crippen molar-refractivity contribution in [1.82, 2.24) is 16.0 Å². The fourth-order valence-corrected chi connectivity index (χ4v) is 1.32. The number of alkyl halides is 2. The number of halogens is 2. The maximum Gasteiger partial charge on any atom is 0.223 e. The van der Waals surface area contributed by atoms with Crippen molar-refractivity contribution in [3.8, 4) is 0 Å². The van der Waals surface area contributed by atoms with Gasteiger partial charge in [-0.25, -0.2) is 4.99 Å². The lowest BCUT2D eigenvalue weighted by Gasteiger charge is -2.11. The van der Waals surface area contributed by atoms with Crippen molar-refractivity contribution in [2.24, 2.45) is 9.98 Å². The number of hydrogen-bond acceptors (Lipinski definition) is 1. The summed E-state index contributed by atoms with van der Waals surface area (Å²) in [5, 5.41) is 9.07. The SMILES string of the molecule is CNC(=N/C(=N/C(I)I)NC(C)C)NC. The molecule has 0 aromatic rings. The van der Waals surface area contributed by atoms with Crippen LogP contribution in [0.2, 0.25) is 0 Å². The van der Waals surface area contributed by atoms with E-state index in [1.165, 1.54) is 0 Å². The maximum atomic E-state index is 4.36. The summed E-state index contributed by atoms with van der Waals surface area (Å²) in [6.07, 6.45) is 0. The van der Waals surface area contributed by atoms with Gasteiger partial charge >= 0.3 is 0 Å². The quantitative estimate of drug-likeness (QED) is 0.201. The van der Waals surface area contributed by atoms with Gasteiger partial charge in [-0.15, -0.1) is 0 Å². The number of guanidine groups is 2.